The summed E-state index contributed by atoms with van der Waals surface area (Å²) < 4.78 is 5.78. The first-order valence-electron chi connectivity index (χ1n) is 8.27. The van der Waals surface area contributed by atoms with Crippen molar-refractivity contribution in [3.8, 4) is 5.75 Å². The minimum absolute atomic E-state index is 0.465. The second-order valence-electron chi connectivity index (χ2n) is 6.12. The molecule has 1 aliphatic rings. The standard InChI is InChI=1S/C18H30N2O/c1-5-21-17-12-13(2)18(15(4)14(17)3)16(8-9-19)20-10-6-7-11-20/h12,16H,5-11,19H2,1-4H3. The predicted octanol–water partition coefficient (Wildman–Crippen LogP) is 3.50. The lowest BCUT2D eigenvalue weighted by Gasteiger charge is -2.31. The van der Waals surface area contributed by atoms with Crippen molar-refractivity contribution in [2.45, 2.75) is 53.0 Å². The lowest BCUT2D eigenvalue weighted by atomic mass is 9.90. The van der Waals surface area contributed by atoms with Crippen LogP contribution in [-0.4, -0.2) is 31.1 Å². The van der Waals surface area contributed by atoms with Gasteiger partial charge in [0, 0.05) is 6.04 Å². The molecule has 1 heterocycles. The van der Waals surface area contributed by atoms with Crippen LogP contribution in [0.1, 0.15) is 54.5 Å². The van der Waals surface area contributed by atoms with Gasteiger partial charge in [0.2, 0.25) is 0 Å². The Morgan fingerprint density at radius 3 is 2.43 bits per heavy atom. The van der Waals surface area contributed by atoms with Crippen LogP contribution in [0.15, 0.2) is 6.07 Å². The van der Waals surface area contributed by atoms with Crippen LogP contribution in [0.5, 0.6) is 5.75 Å². The molecule has 2 rings (SSSR count). The molecular weight excluding hydrogens is 260 g/mol. The third kappa shape index (κ3) is 3.41. The van der Waals surface area contributed by atoms with Crippen molar-refractivity contribution in [3.63, 3.8) is 0 Å². The molecule has 1 aliphatic heterocycles. The Morgan fingerprint density at radius 1 is 1.19 bits per heavy atom. The summed E-state index contributed by atoms with van der Waals surface area (Å²) in [4.78, 5) is 2.61. The summed E-state index contributed by atoms with van der Waals surface area (Å²) in [5, 5.41) is 0. The third-order valence-corrected chi connectivity index (χ3v) is 4.76. The number of aryl methyl sites for hydroxylation is 1. The monoisotopic (exact) mass is 290 g/mol. The summed E-state index contributed by atoms with van der Waals surface area (Å²) in [6, 6.07) is 2.67. The van der Waals surface area contributed by atoms with Crippen LogP contribution in [-0.2, 0) is 0 Å². The third-order valence-electron chi connectivity index (χ3n) is 4.76. The van der Waals surface area contributed by atoms with Crippen LogP contribution in [0.25, 0.3) is 0 Å². The molecule has 0 bridgehead atoms. The number of nitrogens with zero attached hydrogens (tertiary/aromatic N) is 1. The van der Waals surface area contributed by atoms with Gasteiger partial charge in [0.15, 0.2) is 0 Å². The van der Waals surface area contributed by atoms with Crippen molar-refractivity contribution in [2.24, 2.45) is 5.73 Å². The van der Waals surface area contributed by atoms with Crippen molar-refractivity contribution in [1.29, 1.82) is 0 Å². The van der Waals surface area contributed by atoms with E-state index in [4.69, 9.17) is 10.5 Å². The normalized spacial score (nSPS) is 17.2. The van der Waals surface area contributed by atoms with E-state index in [1.165, 1.54) is 48.2 Å². The summed E-state index contributed by atoms with van der Waals surface area (Å²) in [6.07, 6.45) is 3.67. The molecule has 0 aliphatic carbocycles. The number of ether oxygens (including phenoxy) is 1. The summed E-state index contributed by atoms with van der Waals surface area (Å²) in [7, 11) is 0. The van der Waals surface area contributed by atoms with E-state index in [1.54, 1.807) is 0 Å². The number of rotatable bonds is 6. The van der Waals surface area contributed by atoms with Gasteiger partial charge in [-0.2, -0.15) is 0 Å². The molecule has 118 valence electrons. The second-order valence-corrected chi connectivity index (χ2v) is 6.12. The van der Waals surface area contributed by atoms with Gasteiger partial charge in [-0.25, -0.2) is 0 Å². The average Bonchev–Trinajstić information content (AvgIpc) is 2.98. The molecule has 0 saturated carbocycles. The molecular formula is C18H30N2O. The predicted molar refractivity (Wildman–Crippen MR) is 89.0 cm³/mol. The van der Waals surface area contributed by atoms with Crippen molar-refractivity contribution < 1.29 is 4.74 Å². The molecule has 0 radical (unpaired) electrons. The van der Waals surface area contributed by atoms with Crippen LogP contribution >= 0.6 is 0 Å². The fourth-order valence-corrected chi connectivity index (χ4v) is 3.60. The van der Waals surface area contributed by atoms with E-state index in [-0.39, 0.29) is 0 Å². The molecule has 3 heteroatoms. The fourth-order valence-electron chi connectivity index (χ4n) is 3.60. The van der Waals surface area contributed by atoms with Crippen LogP contribution in [0.4, 0.5) is 0 Å². The smallest absolute Gasteiger partial charge is 0.122 e. The maximum absolute atomic E-state index is 5.90. The zero-order valence-electron chi connectivity index (χ0n) is 14.0. The number of hydrogen-bond acceptors (Lipinski definition) is 3. The van der Waals surface area contributed by atoms with E-state index >= 15 is 0 Å². The van der Waals surface area contributed by atoms with E-state index in [1.807, 2.05) is 6.92 Å². The van der Waals surface area contributed by atoms with Crippen molar-refractivity contribution >= 4 is 0 Å². The summed E-state index contributed by atoms with van der Waals surface area (Å²) in [5.41, 5.74) is 11.4. The minimum atomic E-state index is 0.465. The Bertz CT molecular complexity index is 479. The topological polar surface area (TPSA) is 38.5 Å². The molecule has 1 atom stereocenters. The van der Waals surface area contributed by atoms with Gasteiger partial charge in [-0.1, -0.05) is 0 Å². The number of benzene rings is 1. The van der Waals surface area contributed by atoms with Gasteiger partial charge in [-0.05, 0) is 94.9 Å². The molecule has 2 N–H and O–H groups in total. The molecule has 21 heavy (non-hydrogen) atoms. The molecule has 1 aromatic carbocycles. The molecule has 3 nitrogen and oxygen atoms in total. The number of likely N-dealkylation sites (tertiary alicyclic amines) is 1. The van der Waals surface area contributed by atoms with E-state index < -0.39 is 0 Å². The highest BCUT2D eigenvalue weighted by molar-refractivity contribution is 5.49. The van der Waals surface area contributed by atoms with Gasteiger partial charge in [0.05, 0.1) is 6.61 Å². The van der Waals surface area contributed by atoms with Crippen molar-refractivity contribution in [3.05, 3.63) is 28.3 Å². The minimum Gasteiger partial charge on any atom is -0.494 e. The molecule has 1 unspecified atom stereocenters. The van der Waals surface area contributed by atoms with Crippen molar-refractivity contribution in [1.82, 2.24) is 4.90 Å². The fraction of sp³-hybridized carbons (Fsp3) is 0.667. The Hall–Kier alpha value is -1.06. The summed E-state index contributed by atoms with van der Waals surface area (Å²) >= 11 is 0. The van der Waals surface area contributed by atoms with Crippen LogP contribution in [0, 0.1) is 20.8 Å². The highest BCUT2D eigenvalue weighted by Crippen LogP contribution is 2.36. The maximum atomic E-state index is 5.90. The van der Waals surface area contributed by atoms with Gasteiger partial charge < -0.3 is 10.5 Å². The van der Waals surface area contributed by atoms with Crippen LogP contribution in [0.2, 0.25) is 0 Å². The first-order chi connectivity index (χ1) is 10.1. The molecule has 0 aromatic heterocycles. The Kier molecular flexibility index (Phi) is 5.65. The highest BCUT2D eigenvalue weighted by atomic mass is 16.5. The SMILES string of the molecule is CCOc1cc(C)c(C(CCN)N2CCCC2)c(C)c1C. The Labute approximate surface area is 129 Å². The summed E-state index contributed by atoms with van der Waals surface area (Å²) in [5.74, 6) is 1.03. The molecule has 1 saturated heterocycles. The van der Waals surface area contributed by atoms with Gasteiger partial charge in [-0.15, -0.1) is 0 Å². The number of nitrogens with two attached hydrogens (primary N) is 1. The molecule has 0 amide bonds. The second kappa shape index (κ2) is 7.28. The van der Waals surface area contributed by atoms with E-state index in [2.05, 4.69) is 31.7 Å². The zero-order chi connectivity index (χ0) is 15.4. The lowest BCUT2D eigenvalue weighted by molar-refractivity contribution is 0.234. The van der Waals surface area contributed by atoms with Gasteiger partial charge in [0.25, 0.3) is 0 Å². The lowest BCUT2D eigenvalue weighted by Crippen LogP contribution is -2.29. The first kappa shape index (κ1) is 16.3. The van der Waals surface area contributed by atoms with Gasteiger partial charge in [-0.3, -0.25) is 4.90 Å². The molecule has 1 fully saturated rings. The van der Waals surface area contributed by atoms with Crippen LogP contribution in [0.3, 0.4) is 0 Å². The summed E-state index contributed by atoms with van der Waals surface area (Å²) in [6.45, 7) is 12.5. The molecule has 1 aromatic rings. The first-order valence-corrected chi connectivity index (χ1v) is 8.27. The molecule has 0 spiro atoms. The number of hydrogen-bond donors (Lipinski definition) is 1. The van der Waals surface area contributed by atoms with E-state index in [0.29, 0.717) is 6.04 Å². The van der Waals surface area contributed by atoms with Crippen molar-refractivity contribution in [2.75, 3.05) is 26.2 Å². The van der Waals surface area contributed by atoms with E-state index in [9.17, 15) is 0 Å². The van der Waals surface area contributed by atoms with Gasteiger partial charge in [0.1, 0.15) is 5.75 Å². The highest BCUT2D eigenvalue weighted by Gasteiger charge is 2.26. The maximum Gasteiger partial charge on any atom is 0.122 e. The average molecular weight is 290 g/mol. The zero-order valence-corrected chi connectivity index (χ0v) is 14.0. The van der Waals surface area contributed by atoms with E-state index in [0.717, 1.165) is 25.3 Å². The quantitative estimate of drug-likeness (QED) is 0.871. The Balaban J connectivity index is 2.42. The Morgan fingerprint density at radius 2 is 1.86 bits per heavy atom. The van der Waals surface area contributed by atoms with Gasteiger partial charge >= 0.3 is 0 Å². The largest absolute Gasteiger partial charge is 0.494 e. The van der Waals surface area contributed by atoms with Crippen LogP contribution < -0.4 is 10.5 Å².